The molecule has 9 nitrogen and oxygen atoms in total. The van der Waals surface area contributed by atoms with Crippen LogP contribution in [-0.2, 0) is 24.3 Å². The van der Waals surface area contributed by atoms with Crippen LogP contribution in [0.4, 0.5) is 0 Å². The average Bonchev–Trinajstić information content (AvgIpc) is 2.76. The van der Waals surface area contributed by atoms with Gasteiger partial charge in [0.15, 0.2) is 5.76 Å². The van der Waals surface area contributed by atoms with Crippen molar-refractivity contribution < 1.29 is 32.5 Å². The first-order chi connectivity index (χ1) is 15.4. The van der Waals surface area contributed by atoms with Crippen LogP contribution in [0.3, 0.4) is 0 Å². The number of carbonyl (C=O) groups is 1. The van der Waals surface area contributed by atoms with E-state index in [1.807, 2.05) is 6.08 Å². The highest BCUT2D eigenvalue weighted by atomic mass is 32.2. The van der Waals surface area contributed by atoms with Crippen LogP contribution in [0.1, 0.15) is 25.7 Å². The summed E-state index contributed by atoms with van der Waals surface area (Å²) < 4.78 is 43.8. The van der Waals surface area contributed by atoms with E-state index in [4.69, 9.17) is 14.2 Å². The summed E-state index contributed by atoms with van der Waals surface area (Å²) in [6.45, 7) is -0.264. The third kappa shape index (κ3) is 5.80. The number of likely N-dealkylation sites (N-methyl/N-ethyl adjacent to an activating group) is 1. The van der Waals surface area contributed by atoms with Gasteiger partial charge in [-0.05, 0) is 55.0 Å². The van der Waals surface area contributed by atoms with E-state index in [0.29, 0.717) is 18.1 Å². The minimum Gasteiger partial charge on any atom is -0.497 e. The summed E-state index contributed by atoms with van der Waals surface area (Å²) in [5.41, 5.74) is 0. The first-order valence-corrected chi connectivity index (χ1v) is 12.3. The van der Waals surface area contributed by atoms with E-state index >= 15 is 0 Å². The predicted octanol–water partition coefficient (Wildman–Crippen LogP) is 1.49. The Labute approximate surface area is 189 Å². The molecular weight excluding hydrogens is 436 g/mol. The van der Waals surface area contributed by atoms with E-state index in [2.05, 4.69) is 5.32 Å². The van der Waals surface area contributed by atoms with Crippen molar-refractivity contribution in [2.24, 2.45) is 11.8 Å². The van der Waals surface area contributed by atoms with Crippen molar-refractivity contribution in [1.82, 2.24) is 9.62 Å². The summed E-state index contributed by atoms with van der Waals surface area (Å²) in [5.74, 6) is 1.22. The fraction of sp³-hybridized carbons (Fsp3) is 0.591. The second-order valence-corrected chi connectivity index (χ2v) is 9.86. The normalized spacial score (nSPS) is 21.4. The van der Waals surface area contributed by atoms with E-state index in [1.54, 1.807) is 19.2 Å². The fourth-order valence-electron chi connectivity index (χ4n) is 3.91. The second-order valence-electron chi connectivity index (χ2n) is 7.92. The van der Waals surface area contributed by atoms with Crippen LogP contribution in [0.15, 0.2) is 41.0 Å². The van der Waals surface area contributed by atoms with Crippen LogP contribution in [0, 0.1) is 11.8 Å². The molecule has 1 aliphatic heterocycles. The summed E-state index contributed by atoms with van der Waals surface area (Å²) >= 11 is 0. The maximum atomic E-state index is 13.0. The Morgan fingerprint density at radius 2 is 1.97 bits per heavy atom. The van der Waals surface area contributed by atoms with Crippen LogP contribution in [0.2, 0.25) is 0 Å². The number of sulfonamides is 1. The molecule has 1 heterocycles. The minimum atomic E-state index is -3.82. The highest BCUT2D eigenvalue weighted by Crippen LogP contribution is 2.39. The second kappa shape index (κ2) is 11.1. The van der Waals surface area contributed by atoms with Gasteiger partial charge in [0.05, 0.1) is 25.2 Å². The Balaban J connectivity index is 1.62. The molecule has 1 aromatic carbocycles. The molecule has 32 heavy (non-hydrogen) atoms. The molecule has 1 aliphatic carbocycles. The number of aliphatic hydroxyl groups excluding tert-OH is 1. The molecule has 0 unspecified atom stereocenters. The van der Waals surface area contributed by atoms with Gasteiger partial charge in [0, 0.05) is 26.6 Å². The third-order valence-corrected chi connectivity index (χ3v) is 7.90. The summed E-state index contributed by atoms with van der Waals surface area (Å²) in [6.07, 6.45) is 5.32. The molecule has 10 heteroatoms. The Hall–Kier alpha value is -2.14. The van der Waals surface area contributed by atoms with Crippen molar-refractivity contribution in [2.45, 2.75) is 36.9 Å². The van der Waals surface area contributed by atoms with Crippen LogP contribution < -0.4 is 10.1 Å². The van der Waals surface area contributed by atoms with E-state index in [1.165, 1.54) is 30.0 Å². The van der Waals surface area contributed by atoms with Gasteiger partial charge in [-0.15, -0.1) is 0 Å². The number of hydrogen-bond donors (Lipinski definition) is 2. The van der Waals surface area contributed by atoms with Crippen LogP contribution in [0.25, 0.3) is 0 Å². The van der Waals surface area contributed by atoms with E-state index in [9.17, 15) is 18.3 Å². The van der Waals surface area contributed by atoms with Gasteiger partial charge < -0.3 is 24.6 Å². The van der Waals surface area contributed by atoms with Crippen LogP contribution >= 0.6 is 0 Å². The molecule has 2 aliphatic rings. The van der Waals surface area contributed by atoms with Crippen molar-refractivity contribution >= 4 is 15.9 Å². The van der Waals surface area contributed by atoms with Gasteiger partial charge in [-0.25, -0.2) is 8.42 Å². The minimum absolute atomic E-state index is 0.0436. The molecule has 0 spiro atoms. The van der Waals surface area contributed by atoms with Crippen molar-refractivity contribution in [1.29, 1.82) is 0 Å². The highest BCUT2D eigenvalue weighted by molar-refractivity contribution is 7.89. The topological polar surface area (TPSA) is 114 Å². The number of nitrogens with one attached hydrogen (secondary N) is 1. The first kappa shape index (κ1) is 24.5. The quantitative estimate of drug-likeness (QED) is 0.506. The molecule has 2 atom stereocenters. The monoisotopic (exact) mass is 468 g/mol. The van der Waals surface area contributed by atoms with Gasteiger partial charge in [-0.1, -0.05) is 6.42 Å². The van der Waals surface area contributed by atoms with Gasteiger partial charge in [0.25, 0.3) is 5.91 Å². The number of allylic oxidation sites excluding steroid dienone is 1. The molecule has 0 aromatic heterocycles. The maximum absolute atomic E-state index is 13.0. The van der Waals surface area contributed by atoms with E-state index < -0.39 is 16.3 Å². The highest BCUT2D eigenvalue weighted by Gasteiger charge is 2.34. The maximum Gasteiger partial charge on any atom is 0.285 e. The molecule has 2 N–H and O–H groups in total. The molecule has 0 bridgehead atoms. The number of ether oxygens (including phenoxy) is 3. The van der Waals surface area contributed by atoms with Crippen molar-refractivity contribution in [2.75, 3.05) is 40.5 Å². The molecule has 178 valence electrons. The Morgan fingerprint density at radius 3 is 2.53 bits per heavy atom. The molecule has 1 fully saturated rings. The lowest BCUT2D eigenvalue weighted by Crippen LogP contribution is -2.39. The SMILES string of the molecule is CNC(=O)C1=C[C@@H](C2CCC2)C[C@@H](OCCN(CCO)S(=O)(=O)c2ccc(OC)cc2)O1. The van der Waals surface area contributed by atoms with Gasteiger partial charge in [-0.2, -0.15) is 4.31 Å². The van der Waals surface area contributed by atoms with E-state index in [0.717, 1.165) is 12.8 Å². The lowest BCUT2D eigenvalue weighted by atomic mass is 9.73. The predicted molar refractivity (Wildman–Crippen MR) is 117 cm³/mol. The van der Waals surface area contributed by atoms with E-state index in [-0.39, 0.29) is 48.8 Å². The number of amides is 1. The number of methoxy groups -OCH3 is 1. The number of hydrogen-bond acceptors (Lipinski definition) is 7. The number of carbonyl (C=O) groups excluding carboxylic acids is 1. The van der Waals surface area contributed by atoms with Crippen molar-refractivity contribution in [3.05, 3.63) is 36.1 Å². The summed E-state index contributed by atoms with van der Waals surface area (Å²) in [5, 5.41) is 12.0. The lowest BCUT2D eigenvalue weighted by Gasteiger charge is -2.37. The zero-order valence-corrected chi connectivity index (χ0v) is 19.3. The Morgan fingerprint density at radius 1 is 1.25 bits per heavy atom. The lowest BCUT2D eigenvalue weighted by molar-refractivity contribution is -0.152. The van der Waals surface area contributed by atoms with Crippen molar-refractivity contribution in [3.8, 4) is 5.75 Å². The molecule has 1 aromatic rings. The standard InChI is InChI=1S/C22H32N2O7S/c1-23-22(26)20-14-17(16-4-3-5-16)15-21(31-20)30-13-11-24(10-12-25)32(27,28)19-8-6-18(29-2)7-9-19/h6-9,14,16-17,21,25H,3-5,10-13,15H2,1-2H3,(H,23,26)/t17-,21+/m1/s1. The molecule has 1 saturated carbocycles. The van der Waals surface area contributed by atoms with Crippen LogP contribution in [-0.4, -0.2) is 70.5 Å². The molecule has 1 amide bonds. The summed E-state index contributed by atoms with van der Waals surface area (Å²) in [4.78, 5) is 12.2. The average molecular weight is 469 g/mol. The van der Waals surface area contributed by atoms with Crippen LogP contribution in [0.5, 0.6) is 5.75 Å². The molecule has 0 saturated heterocycles. The Bertz CT molecular complexity index is 897. The zero-order valence-electron chi connectivity index (χ0n) is 18.5. The zero-order chi connectivity index (χ0) is 23.1. The molecular formula is C22H32N2O7S. The molecule has 0 radical (unpaired) electrons. The first-order valence-electron chi connectivity index (χ1n) is 10.9. The number of aliphatic hydroxyl groups is 1. The van der Waals surface area contributed by atoms with Crippen molar-refractivity contribution in [3.63, 3.8) is 0 Å². The Kier molecular flexibility index (Phi) is 8.52. The van der Waals surface area contributed by atoms with Gasteiger partial charge in [0.1, 0.15) is 5.75 Å². The summed E-state index contributed by atoms with van der Waals surface area (Å²) in [6, 6.07) is 6.08. The number of rotatable bonds is 11. The number of benzene rings is 1. The smallest absolute Gasteiger partial charge is 0.285 e. The number of nitrogens with zero attached hydrogens (tertiary/aromatic N) is 1. The third-order valence-electron chi connectivity index (χ3n) is 5.99. The van der Waals surface area contributed by atoms with Gasteiger partial charge in [0.2, 0.25) is 16.3 Å². The van der Waals surface area contributed by atoms with Gasteiger partial charge >= 0.3 is 0 Å². The fourth-order valence-corrected chi connectivity index (χ4v) is 5.33. The summed E-state index contributed by atoms with van der Waals surface area (Å²) in [7, 11) is -0.763. The largest absolute Gasteiger partial charge is 0.497 e. The van der Waals surface area contributed by atoms with Gasteiger partial charge in [-0.3, -0.25) is 4.79 Å². The molecule has 3 rings (SSSR count).